The summed E-state index contributed by atoms with van der Waals surface area (Å²) < 4.78 is 35.7. The number of esters is 1. The molecular weight excluding hydrogens is 932 g/mol. The average molecular weight is 1030 g/mol. The van der Waals surface area contributed by atoms with E-state index in [1.54, 1.807) is 42.1 Å². The van der Waals surface area contributed by atoms with Crippen molar-refractivity contribution in [3.63, 3.8) is 0 Å². The first-order valence-corrected chi connectivity index (χ1v) is 29.0. The molecule has 3 aromatic rings. The van der Waals surface area contributed by atoms with Crippen molar-refractivity contribution in [1.82, 2.24) is 9.80 Å². The molecule has 2 aliphatic rings. The summed E-state index contributed by atoms with van der Waals surface area (Å²) in [5.74, 6) is 0.969. The number of likely N-dealkylation sites (N-methyl/N-ethyl adjacent to an activating group) is 1. The van der Waals surface area contributed by atoms with Crippen molar-refractivity contribution in [2.45, 2.75) is 180 Å². The van der Waals surface area contributed by atoms with Crippen LogP contribution < -0.4 is 30.1 Å². The molecular formula is C58H93N2O11P. The van der Waals surface area contributed by atoms with Crippen LogP contribution in [0.15, 0.2) is 72.8 Å². The first kappa shape index (κ1) is 59.5. The molecule has 0 radical (unpaired) electrons. The van der Waals surface area contributed by atoms with Crippen LogP contribution in [-0.2, 0) is 19.0 Å². The second kappa shape index (κ2) is 26.9. The molecule has 406 valence electrons. The number of benzene rings is 3. The van der Waals surface area contributed by atoms with Crippen molar-refractivity contribution in [3.8, 4) is 17.2 Å². The third kappa shape index (κ3) is 14.7. The number of ether oxygens (including phenoxy) is 6. The molecule has 13 nitrogen and oxygen atoms in total. The fraction of sp³-hybridized carbons (Fsp3) is 0.672. The van der Waals surface area contributed by atoms with Gasteiger partial charge in [0.15, 0.2) is 6.29 Å². The predicted octanol–water partition coefficient (Wildman–Crippen LogP) is 7.47. The second-order valence-corrected chi connectivity index (χ2v) is 26.2. The van der Waals surface area contributed by atoms with E-state index in [9.17, 15) is 25.2 Å². The van der Waals surface area contributed by atoms with E-state index in [0.29, 0.717) is 38.8 Å². The number of hydrogen-bond acceptors (Lipinski definition) is 13. The van der Waals surface area contributed by atoms with Crippen LogP contribution in [0.25, 0.3) is 0 Å². The molecule has 0 spiro atoms. The summed E-state index contributed by atoms with van der Waals surface area (Å²) in [4.78, 5) is 18.0. The van der Waals surface area contributed by atoms with Crippen molar-refractivity contribution in [1.29, 1.82) is 0 Å². The summed E-state index contributed by atoms with van der Waals surface area (Å²) in [6, 6.07) is 25.1. The van der Waals surface area contributed by atoms with E-state index in [4.69, 9.17) is 28.4 Å². The van der Waals surface area contributed by atoms with Crippen molar-refractivity contribution < 1.29 is 53.6 Å². The third-order valence-corrected chi connectivity index (χ3v) is 21.1. The Balaban J connectivity index is 1.32. The van der Waals surface area contributed by atoms with E-state index in [1.165, 1.54) is 15.9 Å². The van der Waals surface area contributed by atoms with E-state index in [0.717, 1.165) is 61.9 Å². The molecule has 4 N–H and O–H groups in total. The quantitative estimate of drug-likeness (QED) is 0.0533. The van der Waals surface area contributed by atoms with E-state index in [2.05, 4.69) is 84.6 Å². The normalized spacial score (nSPS) is 31.8. The van der Waals surface area contributed by atoms with Gasteiger partial charge < -0.3 is 34.4 Å². The number of hydrogen-bond donors (Lipinski definition) is 4. The number of methoxy groups -OCH3 is 3. The number of rotatable bonds is 19. The monoisotopic (exact) mass is 1020 g/mol. The average Bonchev–Trinajstić information content (AvgIpc) is 3.36. The van der Waals surface area contributed by atoms with E-state index < -0.39 is 67.1 Å². The molecule has 2 fully saturated rings. The van der Waals surface area contributed by atoms with Gasteiger partial charge in [-0.25, -0.2) is 0 Å². The number of carbonyl (C=O) groups is 1. The van der Waals surface area contributed by atoms with Crippen LogP contribution in [-0.4, -0.2) is 151 Å². The number of cyclic esters (lactones) is 1. The SMILES string of the molecule is CC[C@H]1OC(=O)[C@H](C)C[C@H](C)[C@@H](O[C@@H]2O[C@H](C)C[C@H](N(C)C)[C@H]2O)[C@](C)(O)C[C@@H](C)CN(CCCCCCCC[PH](c2ccc(OC)cc2)(c2ccc(OC)cc2)c2ccc(OC)cc2)[C@H](C)[C@@H](O)[C@]1(C)O. The Bertz CT molecular complexity index is 1950. The number of nitrogens with zero attached hydrogens (tertiary/aromatic N) is 2. The van der Waals surface area contributed by atoms with Gasteiger partial charge in [0.2, 0.25) is 0 Å². The van der Waals surface area contributed by atoms with Crippen molar-refractivity contribution in [3.05, 3.63) is 72.8 Å². The Morgan fingerprint density at radius 3 is 1.69 bits per heavy atom. The molecule has 5 rings (SSSR count). The first-order chi connectivity index (χ1) is 34.1. The zero-order valence-electron chi connectivity index (χ0n) is 46.0. The molecule has 14 heteroatoms. The van der Waals surface area contributed by atoms with Crippen molar-refractivity contribution >= 4 is 29.1 Å². The Kier molecular flexibility index (Phi) is 22.2. The second-order valence-electron chi connectivity index (χ2n) is 22.1. The molecule has 2 aliphatic heterocycles. The molecule has 2 saturated heterocycles. The third-order valence-electron chi connectivity index (χ3n) is 16.0. The Labute approximate surface area is 433 Å². The minimum atomic E-state index is -2.54. The topological polar surface area (TPSA) is 160 Å². The minimum absolute atomic E-state index is 0.0718. The number of aliphatic hydroxyl groups excluding tert-OH is 2. The van der Waals surface area contributed by atoms with Gasteiger partial charge in [-0.1, -0.05) is 20.8 Å². The van der Waals surface area contributed by atoms with Gasteiger partial charge in [-0.3, -0.25) is 4.79 Å². The minimum Gasteiger partial charge on any atom is -0.384 e. The van der Waals surface area contributed by atoms with Crippen molar-refractivity contribution in [2.75, 3.05) is 54.7 Å². The number of unbranched alkanes of at least 4 members (excludes halogenated alkanes) is 5. The van der Waals surface area contributed by atoms with E-state index >= 15 is 0 Å². The zero-order valence-corrected chi connectivity index (χ0v) is 47.0. The molecule has 3 aromatic carbocycles. The van der Waals surface area contributed by atoms with Crippen LogP contribution in [0.5, 0.6) is 17.2 Å². The van der Waals surface area contributed by atoms with Crippen LogP contribution in [0, 0.1) is 17.8 Å². The van der Waals surface area contributed by atoms with Gasteiger partial charge >= 0.3 is 266 Å². The van der Waals surface area contributed by atoms with E-state index in [1.807, 2.05) is 46.7 Å². The zero-order chi connectivity index (χ0) is 53.0. The molecule has 0 aliphatic carbocycles. The molecule has 0 saturated carbocycles. The standard InChI is InChI=1S/C58H93N2O11P/c1-14-51-58(8,65)53(62)43(6)60(38-39(2)37-57(7,64)54(40(3)35-41(4)55(63)70-51)71-56-52(61)50(59(9)10)36-42(5)69-56)33-19-17-15-16-18-20-34-72(47-27-21-44(66-11)22-28-47,48-29-23-45(67-12)24-30-48)49-31-25-46(68-13)26-32-49/h21-32,39-43,50-54,56,61-62,64-65,72H,14-20,33-38H2,1-13H3/t39-,40+,41-,42-,43-,50+,51-,52-,53-,54-,56+,57-,58-/m1/s1. The summed E-state index contributed by atoms with van der Waals surface area (Å²) in [5, 5.41) is 52.1. The van der Waals surface area contributed by atoms with Crippen LogP contribution in [0.4, 0.5) is 0 Å². The maximum atomic E-state index is 13.8. The number of carbonyl (C=O) groups excluding carboxylic acids is 1. The Morgan fingerprint density at radius 2 is 1.22 bits per heavy atom. The van der Waals surface area contributed by atoms with Crippen LogP contribution >= 0.6 is 7.26 Å². The first-order valence-electron chi connectivity index (χ1n) is 26.8. The summed E-state index contributed by atoms with van der Waals surface area (Å²) in [5.41, 5.74) is -3.12. The fourth-order valence-electron chi connectivity index (χ4n) is 11.9. The molecule has 0 amide bonds. The van der Waals surface area contributed by atoms with E-state index in [-0.39, 0.29) is 24.0 Å². The summed E-state index contributed by atoms with van der Waals surface area (Å²) in [6.07, 6.45) is 3.63. The summed E-state index contributed by atoms with van der Waals surface area (Å²) in [6.45, 7) is 16.2. The summed E-state index contributed by atoms with van der Waals surface area (Å²) >= 11 is 0. The Hall–Kier alpha value is -3.36. The van der Waals surface area contributed by atoms with Gasteiger partial charge in [0.25, 0.3) is 0 Å². The van der Waals surface area contributed by atoms with Gasteiger partial charge in [0, 0.05) is 6.04 Å². The summed E-state index contributed by atoms with van der Waals surface area (Å²) in [7, 11) is 6.41. The number of aliphatic hydroxyl groups is 4. The Morgan fingerprint density at radius 1 is 0.736 bits per heavy atom. The van der Waals surface area contributed by atoms with Crippen LogP contribution in [0.3, 0.4) is 0 Å². The predicted molar refractivity (Wildman–Crippen MR) is 291 cm³/mol. The molecule has 13 atom stereocenters. The van der Waals surface area contributed by atoms with Gasteiger partial charge in [0.05, 0.1) is 23.7 Å². The van der Waals surface area contributed by atoms with Crippen molar-refractivity contribution in [2.24, 2.45) is 17.8 Å². The van der Waals surface area contributed by atoms with Crippen LogP contribution in [0.1, 0.15) is 120 Å². The maximum absolute atomic E-state index is 13.8. The van der Waals surface area contributed by atoms with Crippen LogP contribution in [0.2, 0.25) is 0 Å². The molecule has 0 unspecified atom stereocenters. The van der Waals surface area contributed by atoms with Gasteiger partial charge in [-0.2, -0.15) is 0 Å². The fourth-order valence-corrected chi connectivity index (χ4v) is 16.8. The smallest absolute Gasteiger partial charge is 0.384 e. The molecule has 72 heavy (non-hydrogen) atoms. The molecule has 0 aromatic heterocycles. The van der Waals surface area contributed by atoms with Gasteiger partial charge in [-0.15, -0.1) is 0 Å². The molecule has 0 bridgehead atoms. The molecule has 2 heterocycles. The van der Waals surface area contributed by atoms with Gasteiger partial charge in [-0.05, 0) is 60.0 Å². The van der Waals surface area contributed by atoms with Gasteiger partial charge in [0.1, 0.15) is 12.2 Å².